The molecule has 10 heteroatoms. The fraction of sp³-hybridized carbons (Fsp3) is 0.217. The van der Waals surface area contributed by atoms with E-state index in [2.05, 4.69) is 4.98 Å². The van der Waals surface area contributed by atoms with E-state index in [1.165, 1.54) is 34.6 Å². The number of ether oxygens (including phenoxy) is 1. The highest BCUT2D eigenvalue weighted by atomic mass is 32.2. The maximum absolute atomic E-state index is 13.7. The van der Waals surface area contributed by atoms with Crippen LogP contribution in [0.15, 0.2) is 77.8 Å². The number of carboxylic acid groups (broad SMARTS) is 1. The molecule has 0 unspecified atom stereocenters. The average Bonchev–Trinajstić information content (AvgIpc) is 2.76. The second-order valence-corrected chi connectivity index (χ2v) is 9.78. The molecule has 0 spiro atoms. The Bertz CT molecular complexity index is 1260. The standard InChI is InChI=1S/C23H22FN3O5S/c24-17-6-4-7-18(13-17)32-23(21-9-1-2-10-26-21)14-27(15-23)33(30,31)19-8-3-5-16(11-19)12-20(25)22(28)29/h1-11,13,20H,12,14-15,25H2,(H,28,29)/t20-/m0/s1. The molecule has 0 radical (unpaired) electrons. The minimum Gasteiger partial charge on any atom is -0.480 e. The number of hydrogen-bond donors (Lipinski definition) is 2. The van der Waals surface area contributed by atoms with Crippen molar-refractivity contribution < 1.29 is 27.4 Å². The quantitative estimate of drug-likeness (QED) is 0.516. The molecular formula is C23H22FN3O5S. The molecule has 0 amide bonds. The van der Waals surface area contributed by atoms with Crippen LogP contribution in [0.4, 0.5) is 4.39 Å². The van der Waals surface area contributed by atoms with E-state index in [1.54, 1.807) is 42.6 Å². The number of carboxylic acids is 1. The molecule has 4 rings (SSSR count). The van der Waals surface area contributed by atoms with Gasteiger partial charge in [0, 0.05) is 12.3 Å². The maximum Gasteiger partial charge on any atom is 0.320 e. The zero-order valence-electron chi connectivity index (χ0n) is 17.5. The summed E-state index contributed by atoms with van der Waals surface area (Å²) in [6, 6.07) is 15.8. The summed E-state index contributed by atoms with van der Waals surface area (Å²) in [6.07, 6.45) is 1.58. The van der Waals surface area contributed by atoms with Crippen LogP contribution in [0.1, 0.15) is 11.3 Å². The molecule has 0 bridgehead atoms. The Labute approximate surface area is 190 Å². The lowest BCUT2D eigenvalue weighted by Gasteiger charge is -2.48. The number of carbonyl (C=O) groups is 1. The lowest BCUT2D eigenvalue weighted by atomic mass is 9.92. The second-order valence-electron chi connectivity index (χ2n) is 7.84. The zero-order chi connectivity index (χ0) is 23.6. The number of halogens is 1. The van der Waals surface area contributed by atoms with Crippen molar-refractivity contribution in [1.29, 1.82) is 0 Å². The Hall–Kier alpha value is -3.34. The lowest BCUT2D eigenvalue weighted by Crippen LogP contribution is -2.64. The summed E-state index contributed by atoms with van der Waals surface area (Å²) in [5.74, 6) is -1.37. The lowest BCUT2D eigenvalue weighted by molar-refractivity contribution is -0.138. The molecule has 2 heterocycles. The third-order valence-corrected chi connectivity index (χ3v) is 7.20. The number of benzene rings is 2. The Kier molecular flexibility index (Phi) is 6.15. The van der Waals surface area contributed by atoms with Gasteiger partial charge in [-0.05, 0) is 48.4 Å². The van der Waals surface area contributed by atoms with Gasteiger partial charge < -0.3 is 15.6 Å². The molecule has 8 nitrogen and oxygen atoms in total. The first-order valence-electron chi connectivity index (χ1n) is 10.1. The minimum atomic E-state index is -3.90. The highest BCUT2D eigenvalue weighted by Crippen LogP contribution is 2.39. The molecule has 1 aliphatic rings. The molecule has 0 aliphatic carbocycles. The van der Waals surface area contributed by atoms with Crippen LogP contribution in [0.2, 0.25) is 0 Å². The number of aliphatic carboxylic acids is 1. The topological polar surface area (TPSA) is 123 Å². The van der Waals surface area contributed by atoms with E-state index in [1.807, 2.05) is 0 Å². The first-order valence-corrected chi connectivity index (χ1v) is 11.6. The molecule has 1 fully saturated rings. The van der Waals surface area contributed by atoms with Gasteiger partial charge in [-0.2, -0.15) is 4.31 Å². The van der Waals surface area contributed by atoms with E-state index in [0.717, 1.165) is 0 Å². The molecule has 1 aliphatic heterocycles. The molecular weight excluding hydrogens is 449 g/mol. The summed E-state index contributed by atoms with van der Waals surface area (Å²) < 4.78 is 47.5. The number of hydrogen-bond acceptors (Lipinski definition) is 6. The monoisotopic (exact) mass is 471 g/mol. The van der Waals surface area contributed by atoms with Crippen LogP contribution >= 0.6 is 0 Å². The van der Waals surface area contributed by atoms with Crippen LogP contribution in [0.25, 0.3) is 0 Å². The number of nitrogens with two attached hydrogens (primary N) is 1. The normalized spacial score (nSPS) is 16.5. The van der Waals surface area contributed by atoms with Gasteiger partial charge in [-0.1, -0.05) is 24.3 Å². The van der Waals surface area contributed by atoms with E-state index in [4.69, 9.17) is 15.6 Å². The summed E-state index contributed by atoms with van der Waals surface area (Å²) in [7, 11) is -3.90. The van der Waals surface area contributed by atoms with E-state index in [-0.39, 0.29) is 30.2 Å². The van der Waals surface area contributed by atoms with Crippen LogP contribution in [0.5, 0.6) is 5.75 Å². The summed E-state index contributed by atoms with van der Waals surface area (Å²) >= 11 is 0. The Balaban J connectivity index is 1.59. The Morgan fingerprint density at radius 2 is 1.91 bits per heavy atom. The zero-order valence-corrected chi connectivity index (χ0v) is 18.3. The number of pyridine rings is 1. The van der Waals surface area contributed by atoms with Crippen molar-refractivity contribution in [3.8, 4) is 5.75 Å². The van der Waals surface area contributed by atoms with Gasteiger partial charge >= 0.3 is 5.97 Å². The summed E-state index contributed by atoms with van der Waals surface area (Å²) in [6.45, 7) is -0.0521. The van der Waals surface area contributed by atoms with Gasteiger partial charge in [-0.3, -0.25) is 9.78 Å². The van der Waals surface area contributed by atoms with Gasteiger partial charge in [0.05, 0.1) is 23.7 Å². The Morgan fingerprint density at radius 1 is 1.15 bits per heavy atom. The third kappa shape index (κ3) is 4.72. The molecule has 172 valence electrons. The second kappa shape index (κ2) is 8.89. The summed E-state index contributed by atoms with van der Waals surface area (Å²) in [5, 5.41) is 9.02. The van der Waals surface area contributed by atoms with Crippen LogP contribution in [0, 0.1) is 5.82 Å². The molecule has 3 aromatic rings. The number of nitrogens with zero attached hydrogens (tertiary/aromatic N) is 2. The largest absolute Gasteiger partial charge is 0.480 e. The highest BCUT2D eigenvalue weighted by molar-refractivity contribution is 7.89. The first-order chi connectivity index (χ1) is 15.7. The summed E-state index contributed by atoms with van der Waals surface area (Å²) in [5.41, 5.74) is 5.53. The molecule has 1 aromatic heterocycles. The van der Waals surface area contributed by atoms with Crippen molar-refractivity contribution in [1.82, 2.24) is 9.29 Å². The molecule has 1 saturated heterocycles. The van der Waals surface area contributed by atoms with Gasteiger partial charge in [0.15, 0.2) is 5.60 Å². The smallest absolute Gasteiger partial charge is 0.320 e. The SMILES string of the molecule is N[C@@H](Cc1cccc(S(=O)(=O)N2CC(Oc3cccc(F)c3)(c3ccccn3)C2)c1)C(=O)O. The van der Waals surface area contributed by atoms with Crippen LogP contribution in [-0.4, -0.2) is 47.9 Å². The van der Waals surface area contributed by atoms with Crippen molar-refractivity contribution >= 4 is 16.0 Å². The van der Waals surface area contributed by atoms with Crippen molar-refractivity contribution in [2.75, 3.05) is 13.1 Å². The van der Waals surface area contributed by atoms with Gasteiger partial charge in [0.1, 0.15) is 17.6 Å². The maximum atomic E-state index is 13.7. The first kappa shape index (κ1) is 22.8. The fourth-order valence-corrected chi connectivity index (χ4v) is 5.29. The number of aromatic nitrogens is 1. The van der Waals surface area contributed by atoms with Gasteiger partial charge in [0.2, 0.25) is 10.0 Å². The number of sulfonamides is 1. The molecule has 0 saturated carbocycles. The van der Waals surface area contributed by atoms with Crippen molar-refractivity contribution in [2.24, 2.45) is 5.73 Å². The van der Waals surface area contributed by atoms with E-state index in [9.17, 15) is 17.6 Å². The molecule has 1 atom stereocenters. The van der Waals surface area contributed by atoms with Crippen LogP contribution in [-0.2, 0) is 26.8 Å². The van der Waals surface area contributed by atoms with Gasteiger partial charge in [0.25, 0.3) is 0 Å². The van der Waals surface area contributed by atoms with Crippen molar-refractivity contribution in [2.45, 2.75) is 23.0 Å². The molecule has 33 heavy (non-hydrogen) atoms. The van der Waals surface area contributed by atoms with Crippen molar-refractivity contribution in [3.63, 3.8) is 0 Å². The predicted octanol–water partition coefficient (Wildman–Crippen LogP) is 2.15. The predicted molar refractivity (Wildman–Crippen MR) is 117 cm³/mol. The average molecular weight is 472 g/mol. The van der Waals surface area contributed by atoms with E-state index in [0.29, 0.717) is 11.3 Å². The van der Waals surface area contributed by atoms with Gasteiger partial charge in [-0.15, -0.1) is 0 Å². The fourth-order valence-electron chi connectivity index (χ4n) is 3.68. The molecule has 2 aromatic carbocycles. The minimum absolute atomic E-state index is 0.000745. The molecule has 3 N–H and O–H groups in total. The van der Waals surface area contributed by atoms with Crippen LogP contribution in [0.3, 0.4) is 0 Å². The van der Waals surface area contributed by atoms with Crippen LogP contribution < -0.4 is 10.5 Å². The van der Waals surface area contributed by atoms with Gasteiger partial charge in [-0.25, -0.2) is 12.8 Å². The number of rotatable bonds is 8. The third-order valence-electron chi connectivity index (χ3n) is 5.41. The highest BCUT2D eigenvalue weighted by Gasteiger charge is 2.53. The Morgan fingerprint density at radius 3 is 2.58 bits per heavy atom. The van der Waals surface area contributed by atoms with E-state index < -0.39 is 33.5 Å². The van der Waals surface area contributed by atoms with Crippen molar-refractivity contribution in [3.05, 3.63) is 90.0 Å². The van der Waals surface area contributed by atoms with E-state index >= 15 is 0 Å². The summed E-state index contributed by atoms with van der Waals surface area (Å²) in [4.78, 5) is 15.4.